The van der Waals surface area contributed by atoms with E-state index >= 15 is 0 Å². The molecule has 312 valence electrons. The lowest BCUT2D eigenvalue weighted by Gasteiger charge is -2.30. The third kappa shape index (κ3) is 7.56. The van der Waals surface area contributed by atoms with Gasteiger partial charge >= 0.3 is 12.2 Å². The summed E-state index contributed by atoms with van der Waals surface area (Å²) in [5.74, 6) is 1.00. The van der Waals surface area contributed by atoms with Crippen LogP contribution in [-0.4, -0.2) is 93.1 Å². The highest BCUT2D eigenvalue weighted by molar-refractivity contribution is 5.87. The first-order valence-electron chi connectivity index (χ1n) is 20.9. The SMILES string of the molecule is COC(=O)NC(C(=O)N1CCC[C@H]1c1ncc(-c2ccc(-c3ccc(-c4cnc([C@@H]5CCCN5C(=O)[C@@H](NC(=O)OC)C(C)C)[nH]4)cc3)c3c2C2CCC3N2)[nH]1)C(C)C. The number of amides is 4. The van der Waals surface area contributed by atoms with E-state index in [1.165, 1.54) is 30.9 Å². The first-order chi connectivity index (χ1) is 28.5. The summed E-state index contributed by atoms with van der Waals surface area (Å²) in [6, 6.07) is 11.6. The summed E-state index contributed by atoms with van der Waals surface area (Å²) in [6.07, 6.45) is 7.89. The third-order valence-corrected chi connectivity index (χ3v) is 12.6. The predicted octanol–water partition coefficient (Wildman–Crippen LogP) is 6.70. The number of carbonyl (C=O) groups is 4. The van der Waals surface area contributed by atoms with Crippen molar-refractivity contribution in [1.29, 1.82) is 0 Å². The van der Waals surface area contributed by atoms with Crippen LogP contribution >= 0.6 is 0 Å². The molecule has 4 aromatic rings. The Morgan fingerprint density at radius 3 is 1.61 bits per heavy atom. The van der Waals surface area contributed by atoms with Gasteiger partial charge in [-0.3, -0.25) is 9.59 Å². The molecule has 2 aromatic carbocycles. The fourth-order valence-electron chi connectivity index (χ4n) is 9.58. The molecule has 4 aliphatic heterocycles. The molecule has 8 rings (SSSR count). The van der Waals surface area contributed by atoms with Crippen molar-refractivity contribution in [3.63, 3.8) is 0 Å². The second kappa shape index (κ2) is 16.5. The summed E-state index contributed by atoms with van der Waals surface area (Å²) >= 11 is 0. The van der Waals surface area contributed by atoms with Crippen molar-refractivity contribution in [3.8, 4) is 33.6 Å². The van der Waals surface area contributed by atoms with Crippen LogP contribution in [0.3, 0.4) is 0 Å². The molecule has 3 saturated heterocycles. The van der Waals surface area contributed by atoms with Crippen molar-refractivity contribution >= 4 is 24.0 Å². The van der Waals surface area contributed by atoms with Gasteiger partial charge < -0.3 is 45.2 Å². The van der Waals surface area contributed by atoms with Gasteiger partial charge in [-0.1, -0.05) is 64.1 Å². The molecular formula is C44H55N9O6. The second-order valence-corrected chi connectivity index (χ2v) is 16.9. The molecule has 2 aromatic heterocycles. The van der Waals surface area contributed by atoms with E-state index in [2.05, 4.69) is 62.3 Å². The molecule has 0 aliphatic carbocycles. The number of methoxy groups -OCH3 is 2. The Bertz CT molecular complexity index is 2210. The molecule has 15 heteroatoms. The molecular weight excluding hydrogens is 751 g/mol. The van der Waals surface area contributed by atoms with Gasteiger partial charge in [0.25, 0.3) is 0 Å². The molecule has 6 heterocycles. The van der Waals surface area contributed by atoms with E-state index in [1.807, 2.05) is 49.9 Å². The molecule has 3 unspecified atom stereocenters. The number of aromatic nitrogens is 4. The van der Waals surface area contributed by atoms with Crippen LogP contribution in [0.5, 0.6) is 0 Å². The summed E-state index contributed by atoms with van der Waals surface area (Å²) in [7, 11) is 2.60. The van der Waals surface area contributed by atoms with Gasteiger partial charge in [0.05, 0.1) is 50.1 Å². The highest BCUT2D eigenvalue weighted by Gasteiger charge is 2.42. The minimum atomic E-state index is -0.692. The van der Waals surface area contributed by atoms with Crippen molar-refractivity contribution in [3.05, 3.63) is 71.6 Å². The third-order valence-electron chi connectivity index (χ3n) is 12.6. The first-order valence-corrected chi connectivity index (χ1v) is 20.9. The van der Waals surface area contributed by atoms with Gasteiger partial charge in [0.15, 0.2) is 0 Å². The number of hydrogen-bond donors (Lipinski definition) is 5. The number of alkyl carbamates (subject to hydrolysis) is 2. The summed E-state index contributed by atoms with van der Waals surface area (Å²) in [5.41, 5.74) is 8.86. The minimum absolute atomic E-state index is 0.107. The molecule has 5 N–H and O–H groups in total. The van der Waals surface area contributed by atoms with Gasteiger partial charge in [-0.2, -0.15) is 0 Å². The normalized spacial score (nSPS) is 21.8. The number of ether oxygens (including phenoxy) is 2. The van der Waals surface area contributed by atoms with Gasteiger partial charge in [0.2, 0.25) is 11.8 Å². The van der Waals surface area contributed by atoms with Gasteiger partial charge in [0.1, 0.15) is 23.7 Å². The highest BCUT2D eigenvalue weighted by Crippen LogP contribution is 2.52. The lowest BCUT2D eigenvalue weighted by atomic mass is 9.82. The zero-order valence-electron chi connectivity index (χ0n) is 34.6. The maximum absolute atomic E-state index is 13.8. The highest BCUT2D eigenvalue weighted by atomic mass is 16.5. The standard InChI is InChI=1S/C44H55N9O6/c1-23(2)37(50-43(56)58-5)41(54)52-19-7-9-33(52)39-45-21-31(48-39)26-13-11-25(12-14-26)27-15-16-28(36-30-18-17-29(47-30)35(27)36)32-22-46-40(49-32)34-10-8-20-53(34)42(55)38(24(3)4)51-44(57)59-6/h11-16,21-24,29-30,33-34,37-38,47H,7-10,17-20H2,1-6H3,(H,45,48)(H,46,49)(H,50,56)(H,51,57)/t29?,30?,33-,34-,37-,38?/m0/s1. The fraction of sp³-hybridized carbons (Fsp3) is 0.500. The second-order valence-electron chi connectivity index (χ2n) is 16.9. The van der Waals surface area contributed by atoms with Gasteiger partial charge in [0, 0.05) is 30.7 Å². The quantitative estimate of drug-likeness (QED) is 0.110. The number of H-pyrrole nitrogens is 2. The largest absolute Gasteiger partial charge is 0.453 e. The number of imidazole rings is 2. The Balaban J connectivity index is 1.01. The zero-order valence-corrected chi connectivity index (χ0v) is 34.6. The van der Waals surface area contributed by atoms with E-state index in [-0.39, 0.29) is 47.8 Å². The van der Waals surface area contributed by atoms with Crippen LogP contribution in [0.1, 0.15) is 113 Å². The summed E-state index contributed by atoms with van der Waals surface area (Å²) in [6.45, 7) is 8.84. The number of benzene rings is 2. The predicted molar refractivity (Wildman–Crippen MR) is 221 cm³/mol. The number of aromatic amines is 2. The topological polar surface area (TPSA) is 187 Å². The molecule has 3 fully saturated rings. The molecule has 2 bridgehead atoms. The van der Waals surface area contributed by atoms with Crippen LogP contribution < -0.4 is 16.0 Å². The smallest absolute Gasteiger partial charge is 0.407 e. The molecule has 0 spiro atoms. The average Bonchev–Trinajstić information content (AvgIpc) is 4.10. The van der Waals surface area contributed by atoms with Crippen molar-refractivity contribution in [1.82, 2.24) is 45.7 Å². The molecule has 15 nitrogen and oxygen atoms in total. The van der Waals surface area contributed by atoms with Crippen molar-refractivity contribution in [2.24, 2.45) is 11.8 Å². The van der Waals surface area contributed by atoms with E-state index in [9.17, 15) is 19.2 Å². The number of likely N-dealkylation sites (tertiary alicyclic amines) is 2. The molecule has 59 heavy (non-hydrogen) atoms. The zero-order chi connectivity index (χ0) is 41.5. The number of rotatable bonds is 11. The van der Waals surface area contributed by atoms with Gasteiger partial charge in [-0.25, -0.2) is 19.6 Å². The summed E-state index contributed by atoms with van der Waals surface area (Å²) in [5, 5.41) is 9.28. The van der Waals surface area contributed by atoms with E-state index in [4.69, 9.17) is 19.4 Å². The number of nitrogens with zero attached hydrogens (tertiary/aromatic N) is 4. The van der Waals surface area contributed by atoms with E-state index in [1.54, 1.807) is 0 Å². The Morgan fingerprint density at radius 2 is 1.10 bits per heavy atom. The van der Waals surface area contributed by atoms with Gasteiger partial charge in [-0.15, -0.1) is 0 Å². The number of hydrogen-bond acceptors (Lipinski definition) is 9. The lowest BCUT2D eigenvalue weighted by molar-refractivity contribution is -0.136. The monoisotopic (exact) mass is 805 g/mol. The van der Waals surface area contributed by atoms with Crippen molar-refractivity contribution in [2.45, 2.75) is 102 Å². The summed E-state index contributed by atoms with van der Waals surface area (Å²) < 4.78 is 9.58. The van der Waals surface area contributed by atoms with Crippen molar-refractivity contribution < 1.29 is 28.7 Å². The lowest BCUT2D eigenvalue weighted by Crippen LogP contribution is -2.51. The maximum Gasteiger partial charge on any atom is 0.407 e. The summed E-state index contributed by atoms with van der Waals surface area (Å²) in [4.78, 5) is 71.8. The Kier molecular flexibility index (Phi) is 11.2. The van der Waals surface area contributed by atoms with Crippen LogP contribution in [-0.2, 0) is 19.1 Å². The molecule has 4 amide bonds. The first kappa shape index (κ1) is 40.1. The van der Waals surface area contributed by atoms with E-state index in [0.717, 1.165) is 78.3 Å². The Morgan fingerprint density at radius 1 is 0.644 bits per heavy atom. The molecule has 0 radical (unpaired) electrons. The number of carbonyl (C=O) groups excluding carboxylic acids is 4. The minimum Gasteiger partial charge on any atom is -0.453 e. The van der Waals surface area contributed by atoms with E-state index < -0.39 is 24.3 Å². The van der Waals surface area contributed by atoms with Crippen LogP contribution in [0, 0.1) is 11.8 Å². The van der Waals surface area contributed by atoms with E-state index in [0.29, 0.717) is 13.1 Å². The molecule has 4 aliphatic rings. The van der Waals surface area contributed by atoms with Crippen LogP contribution in [0.2, 0.25) is 0 Å². The Labute approximate surface area is 344 Å². The van der Waals surface area contributed by atoms with Gasteiger partial charge in [-0.05, 0) is 78.2 Å². The average molecular weight is 806 g/mol. The molecule has 6 atom stereocenters. The van der Waals surface area contributed by atoms with Crippen LogP contribution in [0.4, 0.5) is 9.59 Å². The number of fused-ring (bicyclic) bond motifs is 5. The molecule has 0 saturated carbocycles. The fourth-order valence-corrected chi connectivity index (χ4v) is 9.58. The van der Waals surface area contributed by atoms with Crippen LogP contribution in [0.15, 0.2) is 48.8 Å². The Hall–Kier alpha value is -5.70. The van der Waals surface area contributed by atoms with Crippen molar-refractivity contribution in [2.75, 3.05) is 27.3 Å². The number of nitrogens with one attached hydrogen (secondary N) is 5. The maximum atomic E-state index is 13.8. The van der Waals surface area contributed by atoms with Crippen LogP contribution in [0.25, 0.3) is 33.6 Å².